The number of nitrogens with zero attached hydrogens (tertiary/aromatic N) is 1. The maximum atomic E-state index is 6.03. The molecule has 3 rings (SSSR count). The third kappa shape index (κ3) is 3.72. The van der Waals surface area contributed by atoms with Gasteiger partial charge in [-0.2, -0.15) is 0 Å². The number of hydrogen-bond donors (Lipinski definition) is 1. The van der Waals surface area contributed by atoms with E-state index in [2.05, 4.69) is 17.1 Å². The average Bonchev–Trinajstić information content (AvgIpc) is 3.16. The minimum atomic E-state index is 0.673. The fourth-order valence-electron chi connectivity index (χ4n) is 3.17. The summed E-state index contributed by atoms with van der Waals surface area (Å²) in [6, 6.07) is 12.5. The predicted molar refractivity (Wildman–Crippen MR) is 91.1 cm³/mol. The van der Waals surface area contributed by atoms with Crippen LogP contribution in [0.1, 0.15) is 25.5 Å². The summed E-state index contributed by atoms with van der Waals surface area (Å²) in [7, 11) is 0. The molecular weight excluding hydrogens is 296 g/mol. The van der Waals surface area contributed by atoms with E-state index in [1.165, 1.54) is 19.4 Å². The van der Waals surface area contributed by atoms with E-state index in [0.717, 1.165) is 41.7 Å². The molecule has 1 atom stereocenters. The van der Waals surface area contributed by atoms with Crippen LogP contribution in [0.4, 0.5) is 0 Å². The lowest BCUT2D eigenvalue weighted by atomic mass is 10.2. The van der Waals surface area contributed by atoms with Gasteiger partial charge in [0.15, 0.2) is 0 Å². The number of likely N-dealkylation sites (tertiary alicyclic amines) is 1. The smallest absolute Gasteiger partial charge is 0.134 e. The predicted octanol–water partition coefficient (Wildman–Crippen LogP) is 4.17. The van der Waals surface area contributed by atoms with E-state index in [1.54, 1.807) is 0 Å². The number of hydrogen-bond acceptors (Lipinski definition) is 3. The van der Waals surface area contributed by atoms with E-state index in [1.807, 2.05) is 36.4 Å². The first-order chi connectivity index (χ1) is 10.8. The summed E-state index contributed by atoms with van der Waals surface area (Å²) in [5.74, 6) is 1.84. The fraction of sp³-hybridized carbons (Fsp3) is 0.444. The quantitative estimate of drug-likeness (QED) is 0.866. The maximum Gasteiger partial charge on any atom is 0.134 e. The number of nitrogens with one attached hydrogen (secondary N) is 1. The molecule has 0 amide bonds. The monoisotopic (exact) mass is 318 g/mol. The topological polar surface area (TPSA) is 28.4 Å². The van der Waals surface area contributed by atoms with Gasteiger partial charge in [-0.05, 0) is 50.2 Å². The van der Waals surface area contributed by atoms with Crippen molar-refractivity contribution in [1.29, 1.82) is 0 Å². The molecule has 1 aromatic carbocycles. The van der Waals surface area contributed by atoms with Crippen molar-refractivity contribution in [3.05, 3.63) is 47.2 Å². The molecule has 1 fully saturated rings. The highest BCUT2D eigenvalue weighted by Crippen LogP contribution is 2.24. The van der Waals surface area contributed by atoms with Crippen molar-refractivity contribution < 1.29 is 4.42 Å². The minimum Gasteiger partial charge on any atom is -0.460 e. The second-order valence-corrected chi connectivity index (χ2v) is 6.27. The molecule has 1 saturated heterocycles. The Morgan fingerprint density at radius 2 is 2.23 bits per heavy atom. The van der Waals surface area contributed by atoms with Gasteiger partial charge in [-0.3, -0.25) is 4.90 Å². The molecule has 4 heteroatoms. The minimum absolute atomic E-state index is 0.673. The lowest BCUT2D eigenvalue weighted by Gasteiger charge is -2.22. The number of furan rings is 1. The average molecular weight is 319 g/mol. The second-order valence-electron chi connectivity index (χ2n) is 5.83. The fourth-order valence-corrected chi connectivity index (χ4v) is 3.36. The summed E-state index contributed by atoms with van der Waals surface area (Å²) in [4.78, 5) is 2.55. The van der Waals surface area contributed by atoms with Crippen molar-refractivity contribution in [3.8, 4) is 11.3 Å². The number of halogens is 1. The van der Waals surface area contributed by atoms with Crippen LogP contribution in [0.15, 0.2) is 40.8 Å². The number of benzene rings is 1. The summed E-state index contributed by atoms with van der Waals surface area (Å²) in [6.45, 7) is 6.42. The largest absolute Gasteiger partial charge is 0.460 e. The lowest BCUT2D eigenvalue weighted by Crippen LogP contribution is -2.37. The molecule has 1 aromatic heterocycles. The Balaban J connectivity index is 1.54. The highest BCUT2D eigenvalue weighted by atomic mass is 35.5. The third-order valence-corrected chi connectivity index (χ3v) is 4.59. The Labute approximate surface area is 137 Å². The third-order valence-electron chi connectivity index (χ3n) is 4.36. The zero-order valence-corrected chi connectivity index (χ0v) is 13.8. The number of rotatable bonds is 6. The highest BCUT2D eigenvalue weighted by Gasteiger charge is 2.22. The van der Waals surface area contributed by atoms with Crippen LogP contribution in [0, 0.1) is 0 Å². The van der Waals surface area contributed by atoms with Gasteiger partial charge in [0.1, 0.15) is 11.5 Å². The summed E-state index contributed by atoms with van der Waals surface area (Å²) in [6.07, 6.45) is 2.62. The standard InChI is InChI=1S/C18H23ClN2O/c1-2-21-10-4-7-16(21)12-20-13-17-8-9-18(22-17)14-5-3-6-15(19)11-14/h3,5-6,8-9,11,16,20H,2,4,7,10,12-13H2,1H3/t16-/m0/s1. The molecule has 1 N–H and O–H groups in total. The van der Waals surface area contributed by atoms with Crippen LogP contribution in [-0.4, -0.2) is 30.6 Å². The number of likely N-dealkylation sites (N-methyl/N-ethyl adjacent to an activating group) is 1. The molecule has 0 unspecified atom stereocenters. The first kappa shape index (κ1) is 15.6. The van der Waals surface area contributed by atoms with E-state index >= 15 is 0 Å². The molecule has 22 heavy (non-hydrogen) atoms. The molecule has 1 aliphatic heterocycles. The van der Waals surface area contributed by atoms with Crippen LogP contribution in [0.25, 0.3) is 11.3 Å². The molecule has 3 nitrogen and oxygen atoms in total. The first-order valence-electron chi connectivity index (χ1n) is 8.05. The Bertz CT molecular complexity index is 611. The Morgan fingerprint density at radius 3 is 3.05 bits per heavy atom. The van der Waals surface area contributed by atoms with Crippen molar-refractivity contribution >= 4 is 11.6 Å². The van der Waals surface area contributed by atoms with Gasteiger partial charge in [0.05, 0.1) is 6.54 Å². The van der Waals surface area contributed by atoms with E-state index in [4.69, 9.17) is 16.0 Å². The van der Waals surface area contributed by atoms with Gasteiger partial charge in [0, 0.05) is 23.2 Å². The van der Waals surface area contributed by atoms with E-state index in [0.29, 0.717) is 6.04 Å². The van der Waals surface area contributed by atoms with Crippen molar-refractivity contribution in [2.45, 2.75) is 32.4 Å². The molecule has 0 aliphatic carbocycles. The van der Waals surface area contributed by atoms with Gasteiger partial charge in [-0.15, -0.1) is 0 Å². The van der Waals surface area contributed by atoms with Gasteiger partial charge in [0.2, 0.25) is 0 Å². The van der Waals surface area contributed by atoms with Crippen LogP contribution in [0.2, 0.25) is 5.02 Å². The first-order valence-corrected chi connectivity index (χ1v) is 8.43. The second kappa shape index (κ2) is 7.32. The van der Waals surface area contributed by atoms with Gasteiger partial charge >= 0.3 is 0 Å². The van der Waals surface area contributed by atoms with Crippen molar-refractivity contribution in [3.63, 3.8) is 0 Å². The van der Waals surface area contributed by atoms with E-state index in [9.17, 15) is 0 Å². The van der Waals surface area contributed by atoms with Crippen molar-refractivity contribution in [2.24, 2.45) is 0 Å². The zero-order chi connectivity index (χ0) is 15.4. The molecule has 0 saturated carbocycles. The van der Waals surface area contributed by atoms with Crippen LogP contribution in [0.3, 0.4) is 0 Å². The highest BCUT2D eigenvalue weighted by molar-refractivity contribution is 6.30. The summed E-state index contributed by atoms with van der Waals surface area (Å²) >= 11 is 6.03. The Hall–Kier alpha value is -1.29. The van der Waals surface area contributed by atoms with Crippen molar-refractivity contribution in [1.82, 2.24) is 10.2 Å². The molecule has 0 spiro atoms. The maximum absolute atomic E-state index is 6.03. The molecule has 2 heterocycles. The normalized spacial score (nSPS) is 18.9. The van der Waals surface area contributed by atoms with Gasteiger partial charge in [0.25, 0.3) is 0 Å². The lowest BCUT2D eigenvalue weighted by molar-refractivity contribution is 0.258. The van der Waals surface area contributed by atoms with Crippen molar-refractivity contribution in [2.75, 3.05) is 19.6 Å². The van der Waals surface area contributed by atoms with Gasteiger partial charge < -0.3 is 9.73 Å². The van der Waals surface area contributed by atoms with Crippen LogP contribution >= 0.6 is 11.6 Å². The van der Waals surface area contributed by atoms with Crippen LogP contribution in [0.5, 0.6) is 0 Å². The molecule has 2 aromatic rings. The Morgan fingerprint density at radius 1 is 1.32 bits per heavy atom. The van der Waals surface area contributed by atoms with Gasteiger partial charge in [-0.1, -0.05) is 30.7 Å². The van der Waals surface area contributed by atoms with E-state index < -0.39 is 0 Å². The SMILES string of the molecule is CCN1CCC[C@H]1CNCc1ccc(-c2cccc(Cl)c2)o1. The van der Waals surface area contributed by atoms with Crippen LogP contribution in [-0.2, 0) is 6.54 Å². The van der Waals surface area contributed by atoms with E-state index in [-0.39, 0.29) is 0 Å². The summed E-state index contributed by atoms with van der Waals surface area (Å²) in [5, 5.41) is 4.25. The summed E-state index contributed by atoms with van der Waals surface area (Å²) in [5.41, 5.74) is 1.02. The molecule has 118 valence electrons. The Kier molecular flexibility index (Phi) is 5.19. The molecule has 0 radical (unpaired) electrons. The van der Waals surface area contributed by atoms with Gasteiger partial charge in [-0.25, -0.2) is 0 Å². The van der Waals surface area contributed by atoms with Crippen LogP contribution < -0.4 is 5.32 Å². The molecule has 0 bridgehead atoms. The molecule has 1 aliphatic rings. The zero-order valence-electron chi connectivity index (χ0n) is 13.0. The summed E-state index contributed by atoms with van der Waals surface area (Å²) < 4.78 is 5.91. The molecular formula is C18H23ClN2O.